The topological polar surface area (TPSA) is 55.1 Å². The van der Waals surface area contributed by atoms with Gasteiger partial charge in [0, 0.05) is 5.56 Å². The zero-order chi connectivity index (χ0) is 9.84. The molecule has 1 aromatic carbocycles. The molecule has 70 valence electrons. The van der Waals surface area contributed by atoms with Crippen molar-refractivity contribution in [2.24, 2.45) is 0 Å². The highest BCUT2D eigenvalue weighted by Gasteiger charge is 2.10. The Hall–Kier alpha value is -1.42. The molecule has 0 saturated carbocycles. The summed E-state index contributed by atoms with van der Waals surface area (Å²) in [5.74, 6) is -0.763. The molecular formula is C9H11FN2O. The van der Waals surface area contributed by atoms with Gasteiger partial charge in [-0.2, -0.15) is 0 Å². The molecule has 0 fully saturated rings. The number of rotatable bonds is 3. The molecule has 0 aliphatic heterocycles. The summed E-state index contributed by atoms with van der Waals surface area (Å²) >= 11 is 0. The molecule has 1 aromatic rings. The van der Waals surface area contributed by atoms with Crippen LogP contribution in [0, 0.1) is 5.82 Å². The van der Waals surface area contributed by atoms with E-state index in [0.717, 1.165) is 0 Å². The number of anilines is 1. The van der Waals surface area contributed by atoms with Gasteiger partial charge in [0.1, 0.15) is 5.82 Å². The summed E-state index contributed by atoms with van der Waals surface area (Å²) in [4.78, 5) is 11.3. The van der Waals surface area contributed by atoms with E-state index in [0.29, 0.717) is 0 Å². The third kappa shape index (κ3) is 2.03. The van der Waals surface area contributed by atoms with Crippen LogP contribution in [0.3, 0.4) is 0 Å². The second kappa shape index (κ2) is 4.00. The van der Waals surface area contributed by atoms with Gasteiger partial charge in [0.25, 0.3) is 0 Å². The van der Waals surface area contributed by atoms with E-state index in [2.05, 4.69) is 5.32 Å². The number of benzene rings is 1. The summed E-state index contributed by atoms with van der Waals surface area (Å²) < 4.78 is 12.9. The molecule has 0 radical (unpaired) electrons. The first-order valence-electron chi connectivity index (χ1n) is 3.88. The Morgan fingerprint density at radius 3 is 2.92 bits per heavy atom. The van der Waals surface area contributed by atoms with E-state index in [9.17, 15) is 9.18 Å². The molecule has 3 N–H and O–H groups in total. The van der Waals surface area contributed by atoms with E-state index < -0.39 is 5.82 Å². The second-order valence-corrected chi connectivity index (χ2v) is 2.65. The molecule has 0 amide bonds. The number of nitrogen functional groups attached to an aromatic ring is 1. The molecule has 3 nitrogen and oxygen atoms in total. The molecule has 0 aliphatic rings. The van der Waals surface area contributed by atoms with Gasteiger partial charge in [-0.15, -0.1) is 0 Å². The molecule has 0 saturated heterocycles. The Labute approximate surface area is 75.7 Å². The van der Waals surface area contributed by atoms with Gasteiger partial charge >= 0.3 is 0 Å². The highest BCUT2D eigenvalue weighted by atomic mass is 19.1. The van der Waals surface area contributed by atoms with E-state index >= 15 is 0 Å². The largest absolute Gasteiger partial charge is 0.396 e. The standard InChI is InChI=1S/C9H11FN2O/c1-12-5-8(13)6-3-2-4-7(10)9(6)11/h2-4,12H,5,11H2,1H3. The molecule has 0 spiro atoms. The second-order valence-electron chi connectivity index (χ2n) is 2.65. The Balaban J connectivity index is 3.01. The fraction of sp³-hybridized carbons (Fsp3) is 0.222. The minimum atomic E-state index is -0.554. The van der Waals surface area contributed by atoms with Crippen molar-refractivity contribution in [1.29, 1.82) is 0 Å². The van der Waals surface area contributed by atoms with Crippen molar-refractivity contribution in [1.82, 2.24) is 5.32 Å². The highest BCUT2D eigenvalue weighted by molar-refractivity contribution is 6.02. The number of para-hydroxylation sites is 1. The number of halogens is 1. The van der Waals surface area contributed by atoms with Gasteiger partial charge in [-0.1, -0.05) is 6.07 Å². The number of nitrogens with two attached hydrogens (primary N) is 1. The molecule has 0 unspecified atom stereocenters. The van der Waals surface area contributed by atoms with E-state index in [4.69, 9.17) is 5.73 Å². The van der Waals surface area contributed by atoms with Crippen LogP contribution in [-0.2, 0) is 0 Å². The third-order valence-corrected chi connectivity index (χ3v) is 1.69. The molecule has 0 bridgehead atoms. The van der Waals surface area contributed by atoms with Crippen LogP contribution in [0.2, 0.25) is 0 Å². The van der Waals surface area contributed by atoms with Gasteiger partial charge in [-0.3, -0.25) is 4.79 Å². The van der Waals surface area contributed by atoms with Crippen LogP contribution in [-0.4, -0.2) is 19.4 Å². The molecule has 0 atom stereocenters. The summed E-state index contributed by atoms with van der Waals surface area (Å²) in [6.07, 6.45) is 0. The van der Waals surface area contributed by atoms with Crippen LogP contribution in [0.1, 0.15) is 10.4 Å². The molecule has 1 rings (SSSR count). The van der Waals surface area contributed by atoms with E-state index in [1.54, 1.807) is 7.05 Å². The number of carbonyl (C=O) groups excluding carboxylic acids is 1. The van der Waals surface area contributed by atoms with Crippen LogP contribution in [0.5, 0.6) is 0 Å². The van der Waals surface area contributed by atoms with Crippen molar-refractivity contribution in [3.05, 3.63) is 29.6 Å². The lowest BCUT2D eigenvalue weighted by Crippen LogP contribution is -2.19. The first-order chi connectivity index (χ1) is 6.16. The van der Waals surface area contributed by atoms with Crippen molar-refractivity contribution in [2.45, 2.75) is 0 Å². The smallest absolute Gasteiger partial charge is 0.178 e. The van der Waals surface area contributed by atoms with Crippen LogP contribution >= 0.6 is 0 Å². The first kappa shape index (κ1) is 9.67. The molecule has 0 aromatic heterocycles. The van der Waals surface area contributed by atoms with E-state index in [1.165, 1.54) is 18.2 Å². The average molecular weight is 182 g/mol. The predicted octanol–water partition coefficient (Wildman–Crippen LogP) is 0.810. The number of ketones is 1. The number of likely N-dealkylation sites (N-methyl/N-ethyl adjacent to an activating group) is 1. The normalized spacial score (nSPS) is 10.0. The number of carbonyl (C=O) groups is 1. The van der Waals surface area contributed by atoms with Gasteiger partial charge in [0.15, 0.2) is 5.78 Å². The zero-order valence-electron chi connectivity index (χ0n) is 7.30. The number of nitrogens with one attached hydrogen (secondary N) is 1. The minimum Gasteiger partial charge on any atom is -0.396 e. The van der Waals surface area contributed by atoms with E-state index in [-0.39, 0.29) is 23.6 Å². The maximum absolute atomic E-state index is 12.9. The summed E-state index contributed by atoms with van der Waals surface area (Å²) in [6.45, 7) is 0.160. The number of hydrogen-bond donors (Lipinski definition) is 2. The fourth-order valence-corrected chi connectivity index (χ4v) is 1.04. The average Bonchev–Trinajstić information content (AvgIpc) is 2.10. The zero-order valence-corrected chi connectivity index (χ0v) is 7.30. The maximum atomic E-state index is 12.9. The minimum absolute atomic E-state index is 0.0808. The monoisotopic (exact) mass is 182 g/mol. The number of hydrogen-bond acceptors (Lipinski definition) is 3. The van der Waals surface area contributed by atoms with Crippen LogP contribution in [0.25, 0.3) is 0 Å². The van der Waals surface area contributed by atoms with Gasteiger partial charge in [-0.05, 0) is 19.2 Å². The van der Waals surface area contributed by atoms with Crippen molar-refractivity contribution < 1.29 is 9.18 Å². The lowest BCUT2D eigenvalue weighted by molar-refractivity contribution is 0.0994. The Bertz CT molecular complexity index is 325. The summed E-state index contributed by atoms with van der Waals surface area (Å²) in [6, 6.07) is 4.21. The fourth-order valence-electron chi connectivity index (χ4n) is 1.04. The van der Waals surface area contributed by atoms with Crippen molar-refractivity contribution in [3.63, 3.8) is 0 Å². The lowest BCUT2D eigenvalue weighted by atomic mass is 10.1. The quantitative estimate of drug-likeness (QED) is 0.537. The lowest BCUT2D eigenvalue weighted by Gasteiger charge is -2.04. The van der Waals surface area contributed by atoms with Crippen LogP contribution in [0.4, 0.5) is 10.1 Å². The van der Waals surface area contributed by atoms with Gasteiger partial charge in [0.2, 0.25) is 0 Å². The SMILES string of the molecule is CNCC(=O)c1cccc(F)c1N. The van der Waals surface area contributed by atoms with Crippen LogP contribution in [0.15, 0.2) is 18.2 Å². The van der Waals surface area contributed by atoms with E-state index in [1.807, 2.05) is 0 Å². The number of Topliss-reactive ketones (excluding diaryl/α,β-unsaturated/α-hetero) is 1. The molecular weight excluding hydrogens is 171 g/mol. The Morgan fingerprint density at radius 2 is 2.31 bits per heavy atom. The van der Waals surface area contributed by atoms with Crippen LogP contribution < -0.4 is 11.1 Å². The Morgan fingerprint density at radius 1 is 1.62 bits per heavy atom. The molecule has 13 heavy (non-hydrogen) atoms. The summed E-state index contributed by atoms with van der Waals surface area (Å²) in [7, 11) is 1.65. The molecule has 0 aliphatic carbocycles. The van der Waals surface area contributed by atoms with Crippen molar-refractivity contribution in [3.8, 4) is 0 Å². The van der Waals surface area contributed by atoms with Gasteiger partial charge in [0.05, 0.1) is 12.2 Å². The summed E-state index contributed by atoms with van der Waals surface area (Å²) in [5, 5.41) is 2.69. The van der Waals surface area contributed by atoms with Crippen molar-refractivity contribution >= 4 is 11.5 Å². The Kier molecular flexibility index (Phi) is 2.97. The molecule has 4 heteroatoms. The predicted molar refractivity (Wildman–Crippen MR) is 49.1 cm³/mol. The van der Waals surface area contributed by atoms with Gasteiger partial charge < -0.3 is 11.1 Å². The molecule has 0 heterocycles. The first-order valence-corrected chi connectivity index (χ1v) is 3.88. The van der Waals surface area contributed by atoms with Crippen molar-refractivity contribution in [2.75, 3.05) is 19.3 Å². The highest BCUT2D eigenvalue weighted by Crippen LogP contribution is 2.15. The van der Waals surface area contributed by atoms with Gasteiger partial charge in [-0.25, -0.2) is 4.39 Å². The third-order valence-electron chi connectivity index (χ3n) is 1.69. The maximum Gasteiger partial charge on any atom is 0.178 e. The summed E-state index contributed by atoms with van der Waals surface area (Å²) in [5.41, 5.74) is 5.54.